The molecular formula is C43H46ClN5O8S. The molecular weight excluding hydrogens is 782 g/mol. The molecule has 1 aromatic heterocycles. The van der Waals surface area contributed by atoms with Crippen LogP contribution >= 0.6 is 11.6 Å². The van der Waals surface area contributed by atoms with E-state index in [1.165, 1.54) is 4.90 Å². The van der Waals surface area contributed by atoms with Crippen molar-refractivity contribution < 1.29 is 36.7 Å². The first kappa shape index (κ1) is 42.0. The molecule has 1 aliphatic rings. The third-order valence-corrected chi connectivity index (χ3v) is 12.4. The SMILES string of the molecule is NCCCC[C@H](NC(=O)[C@@H]1C[C@@H](S(=O)(=O)Cc2ccc(Cl)cc2)CN1C(=O)[C@@H](CCc1ccccc1)NC(=O)OCc1ccccc1)C(=O)c1nc2ccccc2o1. The summed E-state index contributed by atoms with van der Waals surface area (Å²) in [4.78, 5) is 61.7. The van der Waals surface area contributed by atoms with Gasteiger partial charge in [0.25, 0.3) is 5.89 Å². The van der Waals surface area contributed by atoms with Crippen LogP contribution in [0.3, 0.4) is 0 Å². The van der Waals surface area contributed by atoms with E-state index in [1.54, 1.807) is 60.7 Å². The maximum absolute atomic E-state index is 14.7. The van der Waals surface area contributed by atoms with Crippen LogP contribution < -0.4 is 16.4 Å². The number of aromatic nitrogens is 1. The van der Waals surface area contributed by atoms with Gasteiger partial charge in [0.05, 0.1) is 17.0 Å². The highest BCUT2D eigenvalue weighted by Gasteiger charge is 2.47. The number of carbonyl (C=O) groups is 4. The number of carbonyl (C=O) groups excluding carboxylic acids is 4. The van der Waals surface area contributed by atoms with E-state index < -0.39 is 56.9 Å². The zero-order valence-electron chi connectivity index (χ0n) is 31.8. The van der Waals surface area contributed by atoms with Crippen molar-refractivity contribution in [2.24, 2.45) is 5.73 Å². The van der Waals surface area contributed by atoms with Crippen molar-refractivity contribution >= 4 is 56.2 Å². The van der Waals surface area contributed by atoms with Crippen molar-refractivity contribution in [3.63, 3.8) is 0 Å². The molecule has 0 spiro atoms. The summed E-state index contributed by atoms with van der Waals surface area (Å²) in [5.41, 5.74) is 8.74. The van der Waals surface area contributed by atoms with Gasteiger partial charge in [-0.05, 0) is 86.0 Å². The maximum Gasteiger partial charge on any atom is 0.408 e. The maximum atomic E-state index is 14.7. The molecule has 0 unspecified atom stereocenters. The van der Waals surface area contributed by atoms with Crippen molar-refractivity contribution in [2.45, 2.75) is 74.3 Å². The summed E-state index contributed by atoms with van der Waals surface area (Å²) in [7, 11) is -3.96. The van der Waals surface area contributed by atoms with Gasteiger partial charge < -0.3 is 30.4 Å². The van der Waals surface area contributed by atoms with E-state index in [4.69, 9.17) is 26.5 Å². The second-order valence-electron chi connectivity index (χ2n) is 14.3. The molecule has 0 bridgehead atoms. The number of Topliss-reactive ketones (excluding diaryl/α,β-unsaturated/α-hetero) is 1. The average Bonchev–Trinajstić information content (AvgIpc) is 3.89. The topological polar surface area (TPSA) is 191 Å². The Hall–Kier alpha value is -5.57. The molecule has 6 rings (SSSR count). The number of ether oxygens (including phenoxy) is 1. The lowest BCUT2D eigenvalue weighted by Gasteiger charge is -2.29. The molecule has 4 atom stereocenters. The largest absolute Gasteiger partial charge is 0.445 e. The Morgan fingerprint density at radius 3 is 2.19 bits per heavy atom. The van der Waals surface area contributed by atoms with Crippen molar-refractivity contribution in [2.75, 3.05) is 13.1 Å². The van der Waals surface area contributed by atoms with E-state index in [9.17, 15) is 27.6 Å². The molecule has 304 valence electrons. The Morgan fingerprint density at radius 2 is 1.50 bits per heavy atom. The summed E-state index contributed by atoms with van der Waals surface area (Å²) in [5, 5.41) is 4.79. The lowest BCUT2D eigenvalue weighted by Crippen LogP contribution is -2.55. The number of halogens is 1. The third kappa shape index (κ3) is 11.1. The molecule has 1 fully saturated rings. The molecule has 4 aromatic carbocycles. The summed E-state index contributed by atoms with van der Waals surface area (Å²) >= 11 is 6.05. The highest BCUT2D eigenvalue weighted by Crippen LogP contribution is 2.29. The number of fused-ring (bicyclic) bond motifs is 1. The summed E-state index contributed by atoms with van der Waals surface area (Å²) in [5.74, 6) is -2.52. The van der Waals surface area contributed by atoms with Crippen LogP contribution in [0.5, 0.6) is 0 Å². The Labute approximate surface area is 342 Å². The summed E-state index contributed by atoms with van der Waals surface area (Å²) in [6.45, 7) is -0.0149. The van der Waals surface area contributed by atoms with Gasteiger partial charge in [0.15, 0.2) is 15.4 Å². The lowest BCUT2D eigenvalue weighted by atomic mass is 10.0. The monoisotopic (exact) mass is 827 g/mol. The Balaban J connectivity index is 1.28. The molecule has 0 saturated carbocycles. The first-order valence-electron chi connectivity index (χ1n) is 19.2. The van der Waals surface area contributed by atoms with Gasteiger partial charge in [0, 0.05) is 11.6 Å². The molecule has 2 heterocycles. The van der Waals surface area contributed by atoms with Gasteiger partial charge in [0.2, 0.25) is 17.6 Å². The van der Waals surface area contributed by atoms with Gasteiger partial charge in [-0.15, -0.1) is 0 Å². The molecule has 3 amide bonds. The number of sulfone groups is 1. The van der Waals surface area contributed by atoms with Crippen LogP contribution in [0.4, 0.5) is 4.79 Å². The molecule has 4 N–H and O–H groups in total. The molecule has 15 heteroatoms. The van der Waals surface area contributed by atoms with Gasteiger partial charge in [-0.25, -0.2) is 18.2 Å². The minimum Gasteiger partial charge on any atom is -0.445 e. The summed E-state index contributed by atoms with van der Waals surface area (Å²) in [6, 6.07) is 28.0. The molecule has 1 aliphatic heterocycles. The number of unbranched alkanes of at least 4 members (excludes halogenated alkanes) is 1. The van der Waals surface area contributed by atoms with E-state index in [-0.39, 0.29) is 44.1 Å². The summed E-state index contributed by atoms with van der Waals surface area (Å²) in [6.07, 6.45) is 0.635. The van der Waals surface area contributed by atoms with Crippen LogP contribution in [0.15, 0.2) is 114 Å². The van der Waals surface area contributed by atoms with Crippen molar-refractivity contribution in [3.05, 3.63) is 137 Å². The number of oxazole rings is 1. The smallest absolute Gasteiger partial charge is 0.408 e. The van der Waals surface area contributed by atoms with Crippen molar-refractivity contribution in [3.8, 4) is 0 Å². The molecule has 1 saturated heterocycles. The highest BCUT2D eigenvalue weighted by atomic mass is 35.5. The number of benzene rings is 4. The van der Waals surface area contributed by atoms with Crippen LogP contribution in [-0.4, -0.2) is 78.5 Å². The Bertz CT molecular complexity index is 2260. The number of aryl methyl sites for hydroxylation is 1. The average molecular weight is 828 g/mol. The molecule has 58 heavy (non-hydrogen) atoms. The highest BCUT2D eigenvalue weighted by molar-refractivity contribution is 7.91. The van der Waals surface area contributed by atoms with Crippen LogP contribution in [0.25, 0.3) is 11.1 Å². The number of hydrogen-bond donors (Lipinski definition) is 3. The summed E-state index contributed by atoms with van der Waals surface area (Å²) < 4.78 is 39.2. The first-order valence-corrected chi connectivity index (χ1v) is 21.3. The van der Waals surface area contributed by atoms with E-state index in [2.05, 4.69) is 15.6 Å². The van der Waals surface area contributed by atoms with Crippen molar-refractivity contribution in [1.29, 1.82) is 0 Å². The molecule has 0 radical (unpaired) electrons. The van der Waals surface area contributed by atoms with Gasteiger partial charge in [-0.3, -0.25) is 14.4 Å². The third-order valence-electron chi connectivity index (χ3n) is 10.1. The predicted octanol–water partition coefficient (Wildman–Crippen LogP) is 5.79. The minimum atomic E-state index is -3.96. The number of para-hydroxylation sites is 2. The van der Waals surface area contributed by atoms with Crippen LogP contribution in [-0.2, 0) is 42.9 Å². The fourth-order valence-corrected chi connectivity index (χ4v) is 8.84. The number of hydrogen-bond acceptors (Lipinski definition) is 10. The molecule has 13 nitrogen and oxygen atoms in total. The zero-order chi connectivity index (χ0) is 41.1. The number of alkyl carbamates (subject to hydrolysis) is 1. The predicted molar refractivity (Wildman–Crippen MR) is 219 cm³/mol. The van der Waals surface area contributed by atoms with Crippen LogP contribution in [0.2, 0.25) is 5.02 Å². The number of rotatable bonds is 18. The normalized spacial score (nSPS) is 16.4. The zero-order valence-corrected chi connectivity index (χ0v) is 33.4. The number of amides is 3. The van der Waals surface area contributed by atoms with Gasteiger partial charge >= 0.3 is 6.09 Å². The number of nitrogens with two attached hydrogens (primary N) is 1. The van der Waals surface area contributed by atoms with E-state index in [0.29, 0.717) is 47.5 Å². The number of nitrogens with one attached hydrogen (secondary N) is 2. The molecule has 5 aromatic rings. The van der Waals surface area contributed by atoms with E-state index >= 15 is 0 Å². The molecule has 0 aliphatic carbocycles. The Kier molecular flexibility index (Phi) is 14.3. The number of likely N-dealkylation sites (tertiary alicyclic amines) is 1. The van der Waals surface area contributed by atoms with E-state index in [0.717, 1.165) is 11.1 Å². The number of nitrogens with zero attached hydrogens (tertiary/aromatic N) is 2. The van der Waals surface area contributed by atoms with Crippen LogP contribution in [0.1, 0.15) is 59.5 Å². The fourth-order valence-electron chi connectivity index (χ4n) is 6.96. The second kappa shape index (κ2) is 19.7. The number of ketones is 1. The van der Waals surface area contributed by atoms with Crippen molar-refractivity contribution in [1.82, 2.24) is 20.5 Å². The minimum absolute atomic E-state index is 0.0499. The quantitative estimate of drug-likeness (QED) is 0.0720. The van der Waals surface area contributed by atoms with Crippen LogP contribution in [0, 0.1) is 0 Å². The fraction of sp³-hybridized carbons (Fsp3) is 0.326. The first-order chi connectivity index (χ1) is 28.0. The van der Waals surface area contributed by atoms with Gasteiger partial charge in [-0.1, -0.05) is 96.5 Å². The second-order valence-corrected chi connectivity index (χ2v) is 17.0. The standard InChI is InChI=1S/C43H46ClN5O8S/c44-32-21-18-31(19-22-32)28-58(54,55)33-25-37(40(51)46-35(16-9-10-24-45)39(50)41-47-34-15-7-8-17-38(34)57-41)49(26-33)42(52)36(23-20-29-11-3-1-4-12-29)48-43(53)56-27-30-13-5-2-6-14-30/h1-8,11-15,17-19,21-22,33,35-37H,9-10,16,20,23-28,45H2,(H,46,51)(H,48,53)/t33-,35+,36-,37+/m1/s1. The lowest BCUT2D eigenvalue weighted by molar-refractivity contribution is -0.140. The van der Waals surface area contributed by atoms with E-state index in [1.807, 2.05) is 48.5 Å². The Morgan fingerprint density at radius 1 is 0.828 bits per heavy atom. The van der Waals surface area contributed by atoms with Gasteiger partial charge in [0.1, 0.15) is 24.2 Å². The van der Waals surface area contributed by atoms with Gasteiger partial charge in [-0.2, -0.15) is 0 Å².